The molecule has 12 nitrogen and oxygen atoms in total. The summed E-state index contributed by atoms with van der Waals surface area (Å²) in [5.41, 5.74) is 1.68. The Labute approximate surface area is 232 Å². The Morgan fingerprint density at radius 3 is 2.67 bits per heavy atom. The molecule has 0 spiro atoms. The van der Waals surface area contributed by atoms with E-state index in [0.29, 0.717) is 73.2 Å². The SMILES string of the molecule is COc1ccc2nccc(NC(=O)[C@@H]3CC[C@@H](NCc4cc5c(cn4)OCCO5)CN3C(=O)OC(C)(C)C)c2n1. The predicted molar refractivity (Wildman–Crippen MR) is 147 cm³/mol. The lowest BCUT2D eigenvalue weighted by Gasteiger charge is -2.39. The Morgan fingerprint density at radius 2 is 1.90 bits per heavy atom. The molecule has 0 radical (unpaired) electrons. The van der Waals surface area contributed by atoms with Crippen LogP contribution in [0, 0.1) is 0 Å². The highest BCUT2D eigenvalue weighted by molar-refractivity contribution is 6.02. The number of pyridine rings is 3. The average Bonchev–Trinajstić information content (AvgIpc) is 2.94. The van der Waals surface area contributed by atoms with E-state index in [4.69, 9.17) is 18.9 Å². The summed E-state index contributed by atoms with van der Waals surface area (Å²) in [5.74, 6) is 1.39. The van der Waals surface area contributed by atoms with E-state index in [0.717, 1.165) is 5.69 Å². The minimum absolute atomic E-state index is 0.0701. The van der Waals surface area contributed by atoms with Crippen LogP contribution in [0.25, 0.3) is 11.0 Å². The van der Waals surface area contributed by atoms with Crippen molar-refractivity contribution in [3.63, 3.8) is 0 Å². The predicted octanol–water partition coefficient (Wildman–Crippen LogP) is 3.30. The van der Waals surface area contributed by atoms with Crippen molar-refractivity contribution in [2.75, 3.05) is 32.2 Å². The van der Waals surface area contributed by atoms with Gasteiger partial charge in [0.25, 0.3) is 0 Å². The fourth-order valence-electron chi connectivity index (χ4n) is 4.71. The molecule has 3 aromatic rings. The van der Waals surface area contributed by atoms with Crippen LogP contribution in [-0.2, 0) is 16.1 Å². The van der Waals surface area contributed by atoms with Crippen LogP contribution in [-0.4, -0.2) is 76.4 Å². The molecular weight excluding hydrogens is 516 g/mol. The number of methoxy groups -OCH3 is 1. The topological polar surface area (TPSA) is 137 Å². The number of nitrogens with one attached hydrogen (secondary N) is 2. The molecule has 2 amide bonds. The number of anilines is 1. The molecule has 2 aliphatic rings. The normalized spacial score (nSPS) is 18.8. The molecule has 0 saturated carbocycles. The molecule has 2 aliphatic heterocycles. The van der Waals surface area contributed by atoms with Crippen molar-refractivity contribution in [3.05, 3.63) is 42.4 Å². The van der Waals surface area contributed by atoms with Crippen LogP contribution in [0.2, 0.25) is 0 Å². The monoisotopic (exact) mass is 550 g/mol. The number of hydrogen-bond acceptors (Lipinski definition) is 10. The van der Waals surface area contributed by atoms with E-state index in [-0.39, 0.29) is 11.9 Å². The van der Waals surface area contributed by atoms with Crippen molar-refractivity contribution in [3.8, 4) is 17.4 Å². The van der Waals surface area contributed by atoms with Gasteiger partial charge in [-0.25, -0.2) is 9.78 Å². The molecule has 212 valence electrons. The van der Waals surface area contributed by atoms with Gasteiger partial charge in [0.15, 0.2) is 11.5 Å². The van der Waals surface area contributed by atoms with Crippen LogP contribution in [0.1, 0.15) is 39.3 Å². The molecule has 2 N–H and O–H groups in total. The summed E-state index contributed by atoms with van der Waals surface area (Å²) in [6.45, 7) is 7.17. The quantitative estimate of drug-likeness (QED) is 0.470. The van der Waals surface area contributed by atoms with Crippen molar-refractivity contribution in [1.82, 2.24) is 25.2 Å². The minimum Gasteiger partial charge on any atom is -0.486 e. The Morgan fingerprint density at radius 1 is 1.10 bits per heavy atom. The van der Waals surface area contributed by atoms with E-state index >= 15 is 0 Å². The molecule has 5 heterocycles. The summed E-state index contributed by atoms with van der Waals surface area (Å²) in [5, 5.41) is 6.42. The zero-order valence-electron chi connectivity index (χ0n) is 23.1. The summed E-state index contributed by atoms with van der Waals surface area (Å²) in [4.78, 5) is 41.6. The number of piperidine rings is 1. The fourth-order valence-corrected chi connectivity index (χ4v) is 4.71. The zero-order valence-corrected chi connectivity index (χ0v) is 23.1. The number of amides is 2. The average molecular weight is 551 g/mol. The lowest BCUT2D eigenvalue weighted by atomic mass is 9.97. The lowest BCUT2D eigenvalue weighted by Crippen LogP contribution is -2.57. The second-order valence-corrected chi connectivity index (χ2v) is 10.7. The zero-order chi connectivity index (χ0) is 28.3. The molecule has 0 aliphatic carbocycles. The molecule has 0 bridgehead atoms. The van der Waals surface area contributed by atoms with Crippen molar-refractivity contribution < 1.29 is 28.5 Å². The molecule has 0 unspecified atom stereocenters. The van der Waals surface area contributed by atoms with Gasteiger partial charge in [0.2, 0.25) is 11.8 Å². The Kier molecular flexibility index (Phi) is 7.88. The van der Waals surface area contributed by atoms with Gasteiger partial charge in [-0.1, -0.05) is 0 Å². The van der Waals surface area contributed by atoms with Gasteiger partial charge < -0.3 is 29.6 Å². The highest BCUT2D eigenvalue weighted by atomic mass is 16.6. The van der Waals surface area contributed by atoms with Crippen molar-refractivity contribution in [2.45, 2.75) is 57.8 Å². The van der Waals surface area contributed by atoms with Gasteiger partial charge in [0, 0.05) is 37.5 Å². The molecule has 5 rings (SSSR count). The molecule has 40 heavy (non-hydrogen) atoms. The molecule has 0 aromatic carbocycles. The second-order valence-electron chi connectivity index (χ2n) is 10.7. The first-order valence-electron chi connectivity index (χ1n) is 13.3. The van der Waals surface area contributed by atoms with Gasteiger partial charge in [-0.3, -0.25) is 19.7 Å². The van der Waals surface area contributed by atoms with E-state index in [1.54, 1.807) is 51.4 Å². The highest BCUT2D eigenvalue weighted by Crippen LogP contribution is 2.30. The molecule has 2 atom stereocenters. The van der Waals surface area contributed by atoms with E-state index in [1.807, 2.05) is 6.07 Å². The standard InChI is InChI=1S/C28H34N6O6/c1-28(2,3)40-27(36)34-16-17(30-14-18-13-22-23(15-31-18)39-12-11-38-22)5-7-21(34)26(35)32-20-9-10-29-19-6-8-24(37-4)33-25(19)20/h6,8-10,13,15,17,21,30H,5,7,11-12,14,16H2,1-4H3,(H,29,32,35)/t17-,21+/m1/s1. The van der Waals surface area contributed by atoms with Gasteiger partial charge in [-0.15, -0.1) is 0 Å². The number of rotatable bonds is 6. The third-order valence-corrected chi connectivity index (χ3v) is 6.60. The van der Waals surface area contributed by atoms with Crippen LogP contribution in [0.3, 0.4) is 0 Å². The maximum atomic E-state index is 13.6. The number of carbonyl (C=O) groups excluding carboxylic acids is 2. The highest BCUT2D eigenvalue weighted by Gasteiger charge is 2.38. The van der Waals surface area contributed by atoms with E-state index in [9.17, 15) is 9.59 Å². The van der Waals surface area contributed by atoms with E-state index in [1.165, 1.54) is 12.0 Å². The Balaban J connectivity index is 1.30. The third-order valence-electron chi connectivity index (χ3n) is 6.60. The number of carbonyl (C=O) groups is 2. The fraction of sp³-hybridized carbons (Fsp3) is 0.464. The molecule has 3 aromatic heterocycles. The summed E-state index contributed by atoms with van der Waals surface area (Å²) < 4.78 is 22.1. The maximum Gasteiger partial charge on any atom is 0.411 e. The van der Waals surface area contributed by atoms with Crippen LogP contribution < -0.4 is 24.8 Å². The number of likely N-dealkylation sites (tertiary alicyclic amines) is 1. The Bertz CT molecular complexity index is 1390. The molecule has 1 saturated heterocycles. The van der Waals surface area contributed by atoms with Crippen molar-refractivity contribution in [1.29, 1.82) is 0 Å². The van der Waals surface area contributed by atoms with Crippen LogP contribution >= 0.6 is 0 Å². The minimum atomic E-state index is -0.728. The van der Waals surface area contributed by atoms with E-state index < -0.39 is 17.7 Å². The van der Waals surface area contributed by atoms with Gasteiger partial charge in [-0.05, 0) is 45.7 Å². The first-order chi connectivity index (χ1) is 19.2. The summed E-state index contributed by atoms with van der Waals surface area (Å²) in [7, 11) is 1.53. The van der Waals surface area contributed by atoms with Crippen LogP contribution in [0.4, 0.5) is 10.5 Å². The summed E-state index contributed by atoms with van der Waals surface area (Å²) in [6, 6.07) is 6.22. The maximum absolute atomic E-state index is 13.6. The van der Waals surface area contributed by atoms with Crippen LogP contribution in [0.15, 0.2) is 36.7 Å². The van der Waals surface area contributed by atoms with Gasteiger partial charge in [0.05, 0.1) is 30.2 Å². The second kappa shape index (κ2) is 11.5. The number of aromatic nitrogens is 3. The third kappa shape index (κ3) is 6.33. The van der Waals surface area contributed by atoms with Gasteiger partial charge in [0.1, 0.15) is 30.4 Å². The van der Waals surface area contributed by atoms with Gasteiger partial charge >= 0.3 is 6.09 Å². The van der Waals surface area contributed by atoms with Crippen molar-refractivity contribution in [2.24, 2.45) is 0 Å². The summed E-state index contributed by atoms with van der Waals surface area (Å²) in [6.07, 6.45) is 3.83. The number of fused-ring (bicyclic) bond motifs is 2. The molecular formula is C28H34N6O6. The first kappa shape index (κ1) is 27.4. The first-order valence-corrected chi connectivity index (χ1v) is 13.3. The smallest absolute Gasteiger partial charge is 0.411 e. The van der Waals surface area contributed by atoms with E-state index in [2.05, 4.69) is 25.6 Å². The largest absolute Gasteiger partial charge is 0.486 e. The van der Waals surface area contributed by atoms with Crippen LogP contribution in [0.5, 0.6) is 17.4 Å². The number of ether oxygens (including phenoxy) is 4. The molecule has 1 fully saturated rings. The molecule has 12 heteroatoms. The number of nitrogens with zero attached hydrogens (tertiary/aromatic N) is 4. The Hall–Kier alpha value is -4.19. The summed E-state index contributed by atoms with van der Waals surface area (Å²) >= 11 is 0. The number of hydrogen-bond donors (Lipinski definition) is 2. The lowest BCUT2D eigenvalue weighted by molar-refractivity contribution is -0.122. The van der Waals surface area contributed by atoms with Gasteiger partial charge in [-0.2, -0.15) is 0 Å². The van der Waals surface area contributed by atoms with Crippen molar-refractivity contribution >= 4 is 28.7 Å².